The Kier molecular flexibility index (Phi) is 6.72. The Hall–Kier alpha value is -2.22. The second kappa shape index (κ2) is 9.07. The summed E-state index contributed by atoms with van der Waals surface area (Å²) in [7, 11) is 2.14. The van der Waals surface area contributed by atoms with Crippen LogP contribution < -0.4 is 15.8 Å². The van der Waals surface area contributed by atoms with Crippen LogP contribution in [0.5, 0.6) is 5.75 Å². The Balaban J connectivity index is 1.52. The number of carbonyl (C=O) groups excluding carboxylic acids is 1. The average Bonchev–Trinajstić information content (AvgIpc) is 2.65. The molecule has 8 nitrogen and oxygen atoms in total. The third-order valence-corrected chi connectivity index (χ3v) is 5.37. The number of nitrogens with zero attached hydrogens (tertiary/aromatic N) is 3. The molecule has 2 fully saturated rings. The topological polar surface area (TPSA) is 93.0 Å². The number of nitrogen functional groups attached to an aromatic ring is 1. The number of anilines is 2. The van der Waals surface area contributed by atoms with Crippen LogP contribution in [-0.2, 0) is 4.74 Å². The van der Waals surface area contributed by atoms with Gasteiger partial charge in [-0.05, 0) is 53.5 Å². The number of aromatic nitrogens is 1. The molecule has 0 spiro atoms. The lowest BCUT2D eigenvalue weighted by Crippen LogP contribution is -2.44. The zero-order valence-corrected chi connectivity index (χ0v) is 18.1. The summed E-state index contributed by atoms with van der Waals surface area (Å²) < 4.78 is 11.6. The Bertz CT molecular complexity index is 690. The second-order valence-electron chi connectivity index (χ2n) is 9.11. The number of ether oxygens (including phenoxy) is 2. The van der Waals surface area contributed by atoms with E-state index in [0.717, 1.165) is 50.2 Å². The standard InChI is InChI=1S/C21H35N5O3/c1-21(2,3)29-20(27)26-11-5-15(6-12-26)24-18-13-17(14-23-19(18)22)28-16-7-9-25(4)10-8-16/h13-16,24H,5-12H2,1-4H3,(H2,22,23). The average molecular weight is 406 g/mol. The van der Waals surface area contributed by atoms with Crippen LogP contribution in [0.2, 0.25) is 0 Å². The second-order valence-corrected chi connectivity index (χ2v) is 9.11. The van der Waals surface area contributed by atoms with Gasteiger partial charge >= 0.3 is 6.09 Å². The van der Waals surface area contributed by atoms with Crippen molar-refractivity contribution in [3.05, 3.63) is 12.3 Å². The minimum absolute atomic E-state index is 0.224. The fourth-order valence-electron chi connectivity index (χ4n) is 3.68. The molecular formula is C21H35N5O3. The highest BCUT2D eigenvalue weighted by Crippen LogP contribution is 2.27. The van der Waals surface area contributed by atoms with E-state index in [4.69, 9.17) is 15.2 Å². The summed E-state index contributed by atoms with van der Waals surface area (Å²) in [6, 6.07) is 2.18. The van der Waals surface area contributed by atoms with Crippen LogP contribution in [0.1, 0.15) is 46.5 Å². The third kappa shape index (κ3) is 6.39. The maximum Gasteiger partial charge on any atom is 0.410 e. The number of carbonyl (C=O) groups is 1. The maximum absolute atomic E-state index is 12.2. The summed E-state index contributed by atoms with van der Waals surface area (Å²) in [5.74, 6) is 1.22. The molecule has 2 aliphatic heterocycles. The summed E-state index contributed by atoms with van der Waals surface area (Å²) in [5, 5.41) is 3.49. The number of pyridine rings is 1. The fourth-order valence-corrected chi connectivity index (χ4v) is 3.68. The summed E-state index contributed by atoms with van der Waals surface area (Å²) in [4.78, 5) is 20.6. The molecule has 0 unspecified atom stereocenters. The third-order valence-electron chi connectivity index (χ3n) is 5.37. The molecule has 0 aromatic carbocycles. The SMILES string of the molecule is CN1CCC(Oc2cnc(N)c(NC3CCN(C(=O)OC(C)(C)C)CC3)c2)CC1. The van der Waals surface area contributed by atoms with Crippen LogP contribution in [0.15, 0.2) is 12.3 Å². The number of hydrogen-bond donors (Lipinski definition) is 2. The van der Waals surface area contributed by atoms with E-state index in [1.54, 1.807) is 11.1 Å². The lowest BCUT2D eigenvalue weighted by molar-refractivity contribution is 0.0210. The largest absolute Gasteiger partial charge is 0.489 e. The van der Waals surface area contributed by atoms with Crippen molar-refractivity contribution in [2.75, 3.05) is 44.3 Å². The zero-order chi connectivity index (χ0) is 21.0. The van der Waals surface area contributed by atoms with Crippen molar-refractivity contribution in [3.8, 4) is 5.75 Å². The number of hydrogen-bond acceptors (Lipinski definition) is 7. The lowest BCUT2D eigenvalue weighted by atomic mass is 10.0. The Morgan fingerprint density at radius 2 is 1.83 bits per heavy atom. The van der Waals surface area contributed by atoms with Crippen LogP contribution in [-0.4, -0.2) is 71.9 Å². The smallest absolute Gasteiger partial charge is 0.410 e. The highest BCUT2D eigenvalue weighted by atomic mass is 16.6. The first-order valence-corrected chi connectivity index (χ1v) is 10.5. The van der Waals surface area contributed by atoms with Crippen molar-refractivity contribution in [2.24, 2.45) is 0 Å². The summed E-state index contributed by atoms with van der Waals surface area (Å²) in [5.41, 5.74) is 6.41. The van der Waals surface area contributed by atoms with E-state index < -0.39 is 5.60 Å². The number of nitrogens with two attached hydrogens (primary N) is 1. The molecule has 3 N–H and O–H groups in total. The van der Waals surface area contributed by atoms with E-state index >= 15 is 0 Å². The molecular weight excluding hydrogens is 370 g/mol. The summed E-state index contributed by atoms with van der Waals surface area (Å²) in [6.45, 7) is 9.07. The highest BCUT2D eigenvalue weighted by Gasteiger charge is 2.27. The van der Waals surface area contributed by atoms with Crippen LogP contribution in [0.25, 0.3) is 0 Å². The number of nitrogens with one attached hydrogen (secondary N) is 1. The highest BCUT2D eigenvalue weighted by molar-refractivity contribution is 5.68. The van der Waals surface area contributed by atoms with Gasteiger partial charge in [0, 0.05) is 38.3 Å². The van der Waals surface area contributed by atoms with Crippen LogP contribution >= 0.6 is 0 Å². The normalized spacial score (nSPS) is 19.8. The monoisotopic (exact) mass is 405 g/mol. The number of piperidine rings is 2. The molecule has 0 atom stereocenters. The van der Waals surface area contributed by atoms with Crippen molar-refractivity contribution in [2.45, 2.75) is 64.2 Å². The van der Waals surface area contributed by atoms with Crippen molar-refractivity contribution >= 4 is 17.6 Å². The minimum Gasteiger partial charge on any atom is -0.489 e. The predicted octanol–water partition coefficient (Wildman–Crippen LogP) is 2.95. The van der Waals surface area contributed by atoms with E-state index in [1.807, 2.05) is 26.8 Å². The van der Waals surface area contributed by atoms with Gasteiger partial charge in [-0.2, -0.15) is 0 Å². The molecule has 2 saturated heterocycles. The van der Waals surface area contributed by atoms with Gasteiger partial charge in [0.25, 0.3) is 0 Å². The van der Waals surface area contributed by atoms with Crippen molar-refractivity contribution < 1.29 is 14.3 Å². The molecule has 1 aromatic heterocycles. The van der Waals surface area contributed by atoms with E-state index in [0.29, 0.717) is 18.9 Å². The molecule has 3 heterocycles. The fraction of sp³-hybridized carbons (Fsp3) is 0.714. The molecule has 29 heavy (non-hydrogen) atoms. The first kappa shape index (κ1) is 21.5. The molecule has 3 rings (SSSR count). The Labute approximate surface area is 173 Å². The molecule has 8 heteroatoms. The van der Waals surface area contributed by atoms with Gasteiger partial charge in [-0.15, -0.1) is 0 Å². The molecule has 0 aliphatic carbocycles. The molecule has 162 valence electrons. The van der Waals surface area contributed by atoms with E-state index in [-0.39, 0.29) is 18.2 Å². The molecule has 1 aromatic rings. The maximum atomic E-state index is 12.2. The number of rotatable bonds is 4. The quantitative estimate of drug-likeness (QED) is 0.795. The van der Waals surface area contributed by atoms with Gasteiger partial charge in [0.1, 0.15) is 23.3 Å². The number of amides is 1. The van der Waals surface area contributed by atoms with Gasteiger partial charge in [-0.1, -0.05) is 0 Å². The lowest BCUT2D eigenvalue weighted by Gasteiger charge is -2.34. The van der Waals surface area contributed by atoms with Gasteiger partial charge in [-0.3, -0.25) is 0 Å². The van der Waals surface area contributed by atoms with E-state index in [1.165, 1.54) is 0 Å². The molecule has 0 saturated carbocycles. The number of likely N-dealkylation sites (tertiary alicyclic amines) is 2. The van der Waals surface area contributed by atoms with E-state index in [2.05, 4.69) is 22.2 Å². The molecule has 0 bridgehead atoms. The Morgan fingerprint density at radius 3 is 2.45 bits per heavy atom. The van der Waals surface area contributed by atoms with Crippen LogP contribution in [0.4, 0.5) is 16.3 Å². The summed E-state index contributed by atoms with van der Waals surface area (Å²) >= 11 is 0. The van der Waals surface area contributed by atoms with Crippen molar-refractivity contribution in [1.82, 2.24) is 14.8 Å². The van der Waals surface area contributed by atoms with Crippen molar-refractivity contribution in [1.29, 1.82) is 0 Å². The Morgan fingerprint density at radius 1 is 1.17 bits per heavy atom. The van der Waals surface area contributed by atoms with Gasteiger partial charge in [0.05, 0.1) is 11.9 Å². The van der Waals surface area contributed by atoms with Crippen LogP contribution in [0.3, 0.4) is 0 Å². The van der Waals surface area contributed by atoms with Gasteiger partial charge in [0.2, 0.25) is 0 Å². The first-order chi connectivity index (χ1) is 13.7. The molecule has 2 aliphatic rings. The summed E-state index contributed by atoms with van der Waals surface area (Å²) in [6.07, 6.45) is 5.38. The first-order valence-electron chi connectivity index (χ1n) is 10.5. The van der Waals surface area contributed by atoms with Gasteiger partial charge < -0.3 is 30.3 Å². The predicted molar refractivity (Wildman–Crippen MR) is 114 cm³/mol. The molecule has 1 amide bonds. The van der Waals surface area contributed by atoms with Crippen LogP contribution in [0, 0.1) is 0 Å². The zero-order valence-electron chi connectivity index (χ0n) is 18.1. The minimum atomic E-state index is -0.472. The van der Waals surface area contributed by atoms with Gasteiger partial charge in [0.15, 0.2) is 0 Å². The van der Waals surface area contributed by atoms with E-state index in [9.17, 15) is 4.79 Å². The van der Waals surface area contributed by atoms with Gasteiger partial charge in [-0.25, -0.2) is 9.78 Å². The molecule has 0 radical (unpaired) electrons. The van der Waals surface area contributed by atoms with Crippen molar-refractivity contribution in [3.63, 3.8) is 0 Å².